The monoisotopic (exact) mass is 513 g/mol. The van der Waals surface area contributed by atoms with E-state index >= 15 is 0 Å². The second kappa shape index (κ2) is 11.2. The highest BCUT2D eigenvalue weighted by molar-refractivity contribution is 7.98. The van der Waals surface area contributed by atoms with E-state index in [2.05, 4.69) is 54.1 Å². The van der Waals surface area contributed by atoms with E-state index in [4.69, 9.17) is 0 Å². The molecule has 1 aromatic carbocycles. The summed E-state index contributed by atoms with van der Waals surface area (Å²) in [7, 11) is 0. The molecule has 4 heterocycles. The van der Waals surface area contributed by atoms with Crippen LogP contribution in [0.3, 0.4) is 0 Å². The van der Waals surface area contributed by atoms with Crippen molar-refractivity contribution in [3.05, 3.63) is 101 Å². The highest BCUT2D eigenvalue weighted by Crippen LogP contribution is 2.31. The summed E-state index contributed by atoms with van der Waals surface area (Å²) < 4.78 is 2.05. The Hall–Kier alpha value is -3.89. The number of nitrogens with zero attached hydrogens (tertiary/aromatic N) is 6. The van der Waals surface area contributed by atoms with Crippen molar-refractivity contribution in [3.8, 4) is 17.1 Å². The van der Waals surface area contributed by atoms with Crippen LogP contribution in [0.5, 0.6) is 0 Å². The highest BCUT2D eigenvalue weighted by Gasteiger charge is 2.18. The summed E-state index contributed by atoms with van der Waals surface area (Å²) in [5, 5.41) is 15.3. The van der Waals surface area contributed by atoms with Gasteiger partial charge in [-0.15, -0.1) is 21.5 Å². The quantitative estimate of drug-likeness (QED) is 0.284. The van der Waals surface area contributed by atoms with Crippen molar-refractivity contribution in [2.24, 2.45) is 0 Å². The Morgan fingerprint density at radius 1 is 1.06 bits per heavy atom. The Bertz CT molecular complexity index is 1450. The molecule has 0 bridgehead atoms. The Morgan fingerprint density at radius 3 is 2.75 bits per heavy atom. The minimum absolute atomic E-state index is 0.180. The molecule has 0 aliphatic rings. The summed E-state index contributed by atoms with van der Waals surface area (Å²) >= 11 is 3.00. The number of rotatable bonds is 9. The first-order valence-corrected chi connectivity index (χ1v) is 13.2. The second-order valence-electron chi connectivity index (χ2n) is 7.91. The number of aryl methyl sites for hydroxylation is 1. The fraction of sp³-hybridized carbons (Fsp3) is 0.154. The van der Waals surface area contributed by atoms with Crippen LogP contribution in [-0.4, -0.2) is 42.2 Å². The average Bonchev–Trinajstić information content (AvgIpc) is 3.56. The number of pyridine rings is 2. The van der Waals surface area contributed by atoms with Gasteiger partial charge in [0.1, 0.15) is 10.7 Å². The summed E-state index contributed by atoms with van der Waals surface area (Å²) in [6, 6.07) is 17.8. The van der Waals surface area contributed by atoms with Gasteiger partial charge in [0.25, 0.3) is 5.91 Å². The molecule has 0 aliphatic carbocycles. The van der Waals surface area contributed by atoms with Gasteiger partial charge in [-0.2, -0.15) is 0 Å². The molecule has 1 N–H and O–H groups in total. The molecule has 0 aliphatic heterocycles. The smallest absolute Gasteiger partial charge is 0.270 e. The fourth-order valence-corrected chi connectivity index (χ4v) is 5.36. The zero-order valence-electron chi connectivity index (χ0n) is 19.5. The number of aromatic nitrogens is 6. The number of carbonyl (C=O) groups is 1. The largest absolute Gasteiger partial charge is 0.350 e. The highest BCUT2D eigenvalue weighted by atomic mass is 32.2. The van der Waals surface area contributed by atoms with Crippen LogP contribution < -0.4 is 5.32 Å². The molecule has 1 amide bonds. The molecule has 0 fully saturated rings. The standard InChI is InChI=1S/C26H23N7OS2/c1-18-7-2-3-10-22(18)33-24(19-8-6-12-27-15-19)31-32-26(33)36-17-23-30-21(16-35-23)25(34)29-14-11-20-9-4-5-13-28-20/h2-10,12-13,15-16H,11,14,17H2,1H3,(H,29,34). The summed E-state index contributed by atoms with van der Waals surface area (Å²) in [4.78, 5) is 25.6. The molecular weight excluding hydrogens is 490 g/mol. The van der Waals surface area contributed by atoms with Crippen LogP contribution >= 0.6 is 23.1 Å². The molecule has 4 aromatic heterocycles. The number of hydrogen-bond donors (Lipinski definition) is 1. The third-order valence-electron chi connectivity index (χ3n) is 5.41. The summed E-state index contributed by atoms with van der Waals surface area (Å²) in [6.07, 6.45) is 5.95. The SMILES string of the molecule is Cc1ccccc1-n1c(SCc2nc(C(=O)NCCc3ccccn3)cs2)nnc1-c1cccnc1. The number of hydrogen-bond acceptors (Lipinski definition) is 8. The Kier molecular flexibility index (Phi) is 7.44. The van der Waals surface area contributed by atoms with E-state index in [9.17, 15) is 4.79 Å². The predicted octanol–water partition coefficient (Wildman–Crippen LogP) is 4.75. The second-order valence-corrected chi connectivity index (χ2v) is 9.80. The zero-order valence-corrected chi connectivity index (χ0v) is 21.2. The Morgan fingerprint density at radius 2 is 1.94 bits per heavy atom. The van der Waals surface area contributed by atoms with E-state index in [1.165, 1.54) is 23.1 Å². The van der Waals surface area contributed by atoms with Crippen LogP contribution in [0.15, 0.2) is 83.7 Å². The van der Waals surface area contributed by atoms with E-state index in [-0.39, 0.29) is 5.91 Å². The first-order chi connectivity index (χ1) is 17.7. The number of benzene rings is 1. The van der Waals surface area contributed by atoms with Gasteiger partial charge in [0, 0.05) is 48.2 Å². The molecule has 0 saturated carbocycles. The fourth-order valence-electron chi connectivity index (χ4n) is 3.63. The number of carbonyl (C=O) groups excluding carboxylic acids is 1. The van der Waals surface area contributed by atoms with Gasteiger partial charge in [0.05, 0.1) is 11.4 Å². The van der Waals surface area contributed by atoms with Crippen LogP contribution in [0, 0.1) is 6.92 Å². The molecule has 10 heteroatoms. The van der Waals surface area contributed by atoms with Gasteiger partial charge < -0.3 is 5.32 Å². The van der Waals surface area contributed by atoms with Crippen LogP contribution in [0.2, 0.25) is 0 Å². The van der Waals surface area contributed by atoms with E-state index in [0.717, 1.165) is 38.5 Å². The third kappa shape index (κ3) is 5.50. The molecule has 5 aromatic rings. The van der Waals surface area contributed by atoms with Gasteiger partial charge in [-0.25, -0.2) is 4.98 Å². The maximum Gasteiger partial charge on any atom is 0.270 e. The van der Waals surface area contributed by atoms with Gasteiger partial charge in [-0.1, -0.05) is 36.0 Å². The van der Waals surface area contributed by atoms with Crippen LogP contribution in [-0.2, 0) is 12.2 Å². The molecule has 5 rings (SSSR count). The minimum Gasteiger partial charge on any atom is -0.350 e. The molecule has 36 heavy (non-hydrogen) atoms. The van der Waals surface area contributed by atoms with Crippen molar-refractivity contribution in [1.82, 2.24) is 35.0 Å². The molecule has 0 saturated heterocycles. The van der Waals surface area contributed by atoms with E-state index in [0.29, 0.717) is 24.4 Å². The molecule has 0 spiro atoms. The summed E-state index contributed by atoms with van der Waals surface area (Å²) in [5.41, 5.74) is 4.38. The van der Waals surface area contributed by atoms with Gasteiger partial charge in [-0.05, 0) is 42.8 Å². The Labute approximate surface area is 216 Å². The van der Waals surface area contributed by atoms with E-state index in [1.807, 2.05) is 42.5 Å². The van der Waals surface area contributed by atoms with E-state index < -0.39 is 0 Å². The third-order valence-corrected chi connectivity index (χ3v) is 7.38. The number of amides is 1. The lowest BCUT2D eigenvalue weighted by Crippen LogP contribution is -2.26. The number of thioether (sulfide) groups is 1. The van der Waals surface area contributed by atoms with Crippen LogP contribution in [0.1, 0.15) is 26.8 Å². The van der Waals surface area contributed by atoms with Gasteiger partial charge in [0.2, 0.25) is 0 Å². The van der Waals surface area contributed by atoms with E-state index in [1.54, 1.807) is 24.0 Å². The number of para-hydroxylation sites is 1. The van der Waals surface area contributed by atoms with Gasteiger partial charge >= 0.3 is 0 Å². The maximum absolute atomic E-state index is 12.5. The number of thiazole rings is 1. The average molecular weight is 514 g/mol. The van der Waals surface area contributed by atoms with Crippen molar-refractivity contribution >= 4 is 29.0 Å². The lowest BCUT2D eigenvalue weighted by Gasteiger charge is -2.12. The molecule has 8 nitrogen and oxygen atoms in total. The summed E-state index contributed by atoms with van der Waals surface area (Å²) in [6.45, 7) is 2.57. The van der Waals surface area contributed by atoms with Crippen LogP contribution in [0.25, 0.3) is 17.1 Å². The lowest BCUT2D eigenvalue weighted by atomic mass is 10.2. The summed E-state index contributed by atoms with van der Waals surface area (Å²) in [5.74, 6) is 1.12. The molecule has 0 unspecified atom stereocenters. The maximum atomic E-state index is 12.5. The molecule has 0 atom stereocenters. The van der Waals surface area contributed by atoms with Gasteiger partial charge in [-0.3, -0.25) is 19.3 Å². The minimum atomic E-state index is -0.180. The molecular formula is C26H23N7OS2. The molecule has 0 radical (unpaired) electrons. The zero-order chi connectivity index (χ0) is 24.7. The molecule has 180 valence electrons. The van der Waals surface area contributed by atoms with Gasteiger partial charge in [0.15, 0.2) is 11.0 Å². The van der Waals surface area contributed by atoms with Crippen molar-refractivity contribution in [2.45, 2.75) is 24.3 Å². The Balaban J connectivity index is 1.29. The normalized spacial score (nSPS) is 10.9. The van der Waals surface area contributed by atoms with Crippen molar-refractivity contribution in [3.63, 3.8) is 0 Å². The topological polar surface area (TPSA) is 98.5 Å². The van der Waals surface area contributed by atoms with Crippen molar-refractivity contribution < 1.29 is 4.79 Å². The first-order valence-electron chi connectivity index (χ1n) is 11.4. The lowest BCUT2D eigenvalue weighted by molar-refractivity contribution is 0.0949. The van der Waals surface area contributed by atoms with Crippen molar-refractivity contribution in [1.29, 1.82) is 0 Å². The van der Waals surface area contributed by atoms with Crippen LogP contribution in [0.4, 0.5) is 0 Å². The number of nitrogens with one attached hydrogen (secondary N) is 1. The predicted molar refractivity (Wildman–Crippen MR) is 141 cm³/mol. The van der Waals surface area contributed by atoms with Crippen molar-refractivity contribution in [2.75, 3.05) is 6.54 Å². The first kappa shape index (κ1) is 23.8.